The van der Waals surface area contributed by atoms with Gasteiger partial charge in [0, 0.05) is 13.0 Å². The van der Waals surface area contributed by atoms with Gasteiger partial charge in [-0.3, -0.25) is 14.4 Å². The van der Waals surface area contributed by atoms with Gasteiger partial charge >= 0.3 is 11.9 Å². The number of aromatic nitrogens is 2. The van der Waals surface area contributed by atoms with Crippen LogP contribution in [-0.2, 0) is 16.1 Å². The van der Waals surface area contributed by atoms with Gasteiger partial charge in [0.2, 0.25) is 0 Å². The fourth-order valence-electron chi connectivity index (χ4n) is 4.47. The molecule has 0 aliphatic rings. The van der Waals surface area contributed by atoms with Crippen molar-refractivity contribution in [2.75, 3.05) is 11.4 Å². The van der Waals surface area contributed by atoms with Crippen LogP contribution in [0, 0.1) is 32.0 Å². The number of anilines is 1. The highest BCUT2D eigenvalue weighted by molar-refractivity contribution is 6.01. The van der Waals surface area contributed by atoms with Gasteiger partial charge in [-0.1, -0.05) is 24.8 Å². The van der Waals surface area contributed by atoms with Crippen molar-refractivity contribution in [1.82, 2.24) is 15.3 Å². The van der Waals surface area contributed by atoms with Crippen LogP contribution in [0.15, 0.2) is 35.1 Å². The van der Waals surface area contributed by atoms with Crippen molar-refractivity contribution < 1.29 is 29.0 Å². The van der Waals surface area contributed by atoms with E-state index < -0.39 is 29.7 Å². The van der Waals surface area contributed by atoms with E-state index in [1.54, 1.807) is 19.1 Å². The number of carboxylic acids is 2. The minimum atomic E-state index is -1.26. The number of terminal acetylenes is 1. The quantitative estimate of drug-likeness (QED) is 0.186. The van der Waals surface area contributed by atoms with E-state index in [-0.39, 0.29) is 42.7 Å². The molecule has 1 amide bonds. The molecule has 10 nitrogen and oxygen atoms in total. The Kier molecular flexibility index (Phi) is 9.97. The first kappa shape index (κ1) is 29.8. The molecule has 0 fully saturated rings. The Morgan fingerprint density at radius 2 is 1.93 bits per heavy atom. The van der Waals surface area contributed by atoms with E-state index in [1.807, 2.05) is 6.92 Å². The van der Waals surface area contributed by atoms with E-state index in [9.17, 15) is 24.3 Å². The molecule has 0 radical (unpaired) electrons. The van der Waals surface area contributed by atoms with E-state index >= 15 is 4.39 Å². The predicted octanol–water partition coefficient (Wildman–Crippen LogP) is 3.54. The number of carbonyl (C=O) groups is 3. The molecule has 0 aliphatic heterocycles. The first-order valence-corrected chi connectivity index (χ1v) is 12.7. The summed E-state index contributed by atoms with van der Waals surface area (Å²) in [6.07, 6.45) is 6.91. The lowest BCUT2D eigenvalue weighted by Gasteiger charge is -2.27. The van der Waals surface area contributed by atoms with E-state index in [1.165, 1.54) is 23.1 Å². The molecule has 40 heavy (non-hydrogen) atoms. The summed E-state index contributed by atoms with van der Waals surface area (Å²) in [4.78, 5) is 56.7. The van der Waals surface area contributed by atoms with Crippen LogP contribution in [0.5, 0.6) is 0 Å². The molecule has 4 N–H and O–H groups in total. The molecule has 0 bridgehead atoms. The number of nitrogens with zero attached hydrogens (tertiary/aromatic N) is 2. The van der Waals surface area contributed by atoms with Gasteiger partial charge in [-0.15, -0.1) is 6.42 Å². The topological polar surface area (TPSA) is 153 Å². The number of carbonyl (C=O) groups excluding carboxylic acids is 1. The lowest BCUT2D eigenvalue weighted by Crippen LogP contribution is -2.41. The molecule has 0 saturated carbocycles. The number of amides is 1. The van der Waals surface area contributed by atoms with Crippen LogP contribution < -0.4 is 15.8 Å². The van der Waals surface area contributed by atoms with Crippen LogP contribution in [0.3, 0.4) is 0 Å². The number of hydrogen-bond acceptors (Lipinski definition) is 6. The second-order valence-corrected chi connectivity index (χ2v) is 9.50. The number of carboxylic acid groups (broad SMARTS) is 2. The molecular formula is C29H31FN4O6. The Labute approximate surface area is 230 Å². The fraction of sp³-hybridized carbons (Fsp3) is 0.345. The van der Waals surface area contributed by atoms with Gasteiger partial charge in [0.1, 0.15) is 17.7 Å². The number of unbranched alkanes of at least 4 members (excludes halogenated alkanes) is 2. The Morgan fingerprint density at radius 1 is 1.18 bits per heavy atom. The van der Waals surface area contributed by atoms with Gasteiger partial charge < -0.3 is 25.4 Å². The number of aryl methyl sites for hydroxylation is 2. The zero-order valence-corrected chi connectivity index (χ0v) is 22.3. The van der Waals surface area contributed by atoms with Crippen molar-refractivity contribution in [2.45, 2.75) is 58.5 Å². The third kappa shape index (κ3) is 7.44. The van der Waals surface area contributed by atoms with E-state index in [0.29, 0.717) is 41.6 Å². The van der Waals surface area contributed by atoms with Gasteiger partial charge in [-0.25, -0.2) is 14.2 Å². The number of H-pyrrole nitrogens is 1. The molecular weight excluding hydrogens is 519 g/mol. The van der Waals surface area contributed by atoms with Gasteiger partial charge in [-0.2, -0.15) is 0 Å². The highest BCUT2D eigenvalue weighted by Gasteiger charge is 2.25. The SMILES string of the molecule is C#CCN(Cc1cc2c(=O)[nH]c(C)nc2cc1C)c1c(F)cccc1C(=O)NC(CCCCCC(=O)O)C(=O)O. The number of fused-ring (bicyclic) bond motifs is 1. The number of nitrogens with one attached hydrogen (secondary N) is 2. The number of rotatable bonds is 13. The van der Waals surface area contributed by atoms with Crippen molar-refractivity contribution in [1.29, 1.82) is 0 Å². The zero-order chi connectivity index (χ0) is 29.4. The van der Waals surface area contributed by atoms with Crippen LogP contribution in [0.1, 0.15) is 59.4 Å². The Hall–Kier alpha value is -4.72. The highest BCUT2D eigenvalue weighted by Crippen LogP contribution is 2.28. The molecule has 0 aliphatic carbocycles. The molecule has 1 unspecified atom stereocenters. The lowest BCUT2D eigenvalue weighted by molar-refractivity contribution is -0.140. The van der Waals surface area contributed by atoms with Gasteiger partial charge in [0.05, 0.1) is 28.7 Å². The van der Waals surface area contributed by atoms with E-state index in [0.717, 1.165) is 5.56 Å². The van der Waals surface area contributed by atoms with Crippen molar-refractivity contribution >= 4 is 34.4 Å². The van der Waals surface area contributed by atoms with E-state index in [2.05, 4.69) is 21.2 Å². The number of halogens is 1. The van der Waals surface area contributed by atoms with Crippen molar-refractivity contribution in [3.8, 4) is 12.3 Å². The largest absolute Gasteiger partial charge is 0.481 e. The molecule has 1 aromatic heterocycles. The van der Waals surface area contributed by atoms with Crippen LogP contribution in [0.2, 0.25) is 0 Å². The number of aliphatic carboxylic acids is 2. The Balaban J connectivity index is 1.90. The molecule has 11 heteroatoms. The lowest BCUT2D eigenvalue weighted by atomic mass is 10.0. The van der Waals surface area contributed by atoms with Gasteiger partial charge in [-0.05, 0) is 62.1 Å². The molecule has 0 spiro atoms. The summed E-state index contributed by atoms with van der Waals surface area (Å²) < 4.78 is 15.3. The molecule has 210 valence electrons. The minimum Gasteiger partial charge on any atom is -0.481 e. The minimum absolute atomic E-state index is 0.0248. The molecule has 3 aromatic rings. The van der Waals surface area contributed by atoms with Crippen molar-refractivity contribution in [3.05, 3.63) is 69.0 Å². The molecule has 2 aromatic carbocycles. The highest BCUT2D eigenvalue weighted by atomic mass is 19.1. The number of benzene rings is 2. The molecule has 1 heterocycles. The normalized spacial score (nSPS) is 11.6. The number of hydrogen-bond donors (Lipinski definition) is 4. The first-order chi connectivity index (χ1) is 19.0. The third-order valence-corrected chi connectivity index (χ3v) is 6.46. The molecule has 1 atom stereocenters. The summed E-state index contributed by atoms with van der Waals surface area (Å²) in [5.74, 6) is -0.763. The van der Waals surface area contributed by atoms with E-state index in [4.69, 9.17) is 11.5 Å². The number of para-hydroxylation sites is 1. The smallest absolute Gasteiger partial charge is 0.326 e. The first-order valence-electron chi connectivity index (χ1n) is 12.7. The average Bonchev–Trinajstić information content (AvgIpc) is 2.87. The maximum absolute atomic E-state index is 15.3. The predicted molar refractivity (Wildman–Crippen MR) is 148 cm³/mol. The maximum atomic E-state index is 15.3. The number of aromatic amines is 1. The maximum Gasteiger partial charge on any atom is 0.326 e. The monoisotopic (exact) mass is 550 g/mol. The summed E-state index contributed by atoms with van der Waals surface area (Å²) in [6.45, 7) is 3.49. The second kappa shape index (κ2) is 13.4. The van der Waals surface area contributed by atoms with Crippen LogP contribution >= 0.6 is 0 Å². The molecule has 3 rings (SSSR count). The summed E-state index contributed by atoms with van der Waals surface area (Å²) in [7, 11) is 0. The van der Waals surface area contributed by atoms with Gasteiger partial charge in [0.15, 0.2) is 0 Å². The Morgan fingerprint density at radius 3 is 2.60 bits per heavy atom. The van der Waals surface area contributed by atoms with Crippen LogP contribution in [-0.4, -0.2) is 50.6 Å². The van der Waals surface area contributed by atoms with Crippen LogP contribution in [0.4, 0.5) is 10.1 Å². The summed E-state index contributed by atoms with van der Waals surface area (Å²) in [5.41, 5.74) is 1.45. The summed E-state index contributed by atoms with van der Waals surface area (Å²) in [6, 6.07) is 6.07. The third-order valence-electron chi connectivity index (χ3n) is 6.46. The van der Waals surface area contributed by atoms with Crippen molar-refractivity contribution in [2.24, 2.45) is 0 Å². The average molecular weight is 551 g/mol. The Bertz CT molecular complexity index is 1530. The fourth-order valence-corrected chi connectivity index (χ4v) is 4.47. The van der Waals surface area contributed by atoms with Crippen LogP contribution in [0.25, 0.3) is 10.9 Å². The summed E-state index contributed by atoms with van der Waals surface area (Å²) >= 11 is 0. The van der Waals surface area contributed by atoms with Crippen molar-refractivity contribution in [3.63, 3.8) is 0 Å². The standard InChI is InChI=1S/C29H31FN4O6/c1-4-13-34(16-19-15-21-24(14-17(19)2)31-18(3)32-28(21)38)26-20(9-8-10-22(26)30)27(37)33-23(29(39)40)11-6-5-7-12-25(35)36/h1,8-10,14-15,23H,5-7,11-13,16H2,2-3H3,(H,33,37)(H,35,36)(H,39,40)(H,31,32,38). The second-order valence-electron chi connectivity index (χ2n) is 9.50. The van der Waals surface area contributed by atoms with Gasteiger partial charge in [0.25, 0.3) is 11.5 Å². The molecule has 0 saturated heterocycles. The zero-order valence-electron chi connectivity index (χ0n) is 22.3. The summed E-state index contributed by atoms with van der Waals surface area (Å²) in [5, 5.41) is 21.2.